The van der Waals surface area contributed by atoms with E-state index in [0.717, 1.165) is 17.8 Å². The quantitative estimate of drug-likeness (QED) is 0.611. The van der Waals surface area contributed by atoms with Gasteiger partial charge in [0.1, 0.15) is 0 Å². The van der Waals surface area contributed by atoms with Gasteiger partial charge in [-0.15, -0.1) is 0 Å². The molecular formula is C17H20N2. The number of rotatable bonds is 5. The van der Waals surface area contributed by atoms with Gasteiger partial charge >= 0.3 is 0 Å². The van der Waals surface area contributed by atoms with Gasteiger partial charge in [-0.3, -0.25) is 0 Å². The summed E-state index contributed by atoms with van der Waals surface area (Å²) in [6.45, 7) is 4.49. The molecule has 19 heavy (non-hydrogen) atoms. The van der Waals surface area contributed by atoms with E-state index in [0.29, 0.717) is 5.92 Å². The highest BCUT2D eigenvalue weighted by Gasteiger charge is 2.05. The molecule has 0 amide bonds. The Hall–Kier alpha value is -1.96. The summed E-state index contributed by atoms with van der Waals surface area (Å²) >= 11 is 0. The van der Waals surface area contributed by atoms with E-state index in [1.165, 1.54) is 12.0 Å². The van der Waals surface area contributed by atoms with Crippen molar-refractivity contribution < 1.29 is 0 Å². The van der Waals surface area contributed by atoms with Crippen molar-refractivity contribution in [1.29, 1.82) is 0 Å². The predicted octanol–water partition coefficient (Wildman–Crippen LogP) is 5.69. The number of hydrogen-bond donors (Lipinski definition) is 0. The van der Waals surface area contributed by atoms with Gasteiger partial charge in [0, 0.05) is 0 Å². The third kappa shape index (κ3) is 4.02. The Morgan fingerprint density at radius 2 is 1.58 bits per heavy atom. The summed E-state index contributed by atoms with van der Waals surface area (Å²) in [4.78, 5) is 0. The minimum atomic E-state index is 0.674. The van der Waals surface area contributed by atoms with Crippen molar-refractivity contribution in [3.63, 3.8) is 0 Å². The maximum absolute atomic E-state index is 4.39. The summed E-state index contributed by atoms with van der Waals surface area (Å²) < 4.78 is 0. The van der Waals surface area contributed by atoms with E-state index in [1.54, 1.807) is 0 Å². The maximum atomic E-state index is 4.39. The number of benzene rings is 2. The van der Waals surface area contributed by atoms with Crippen molar-refractivity contribution in [1.82, 2.24) is 0 Å². The second-order valence-electron chi connectivity index (χ2n) is 4.88. The molecule has 0 aliphatic carbocycles. The maximum Gasteiger partial charge on any atom is 0.0889 e. The Bertz CT molecular complexity index is 532. The highest BCUT2D eigenvalue weighted by Crippen LogP contribution is 2.25. The topological polar surface area (TPSA) is 24.7 Å². The zero-order valence-electron chi connectivity index (χ0n) is 11.6. The molecule has 0 fully saturated rings. The fraction of sp³-hybridized carbons (Fsp3) is 0.294. The summed E-state index contributed by atoms with van der Waals surface area (Å²) in [6, 6.07) is 18.1. The molecule has 2 aromatic carbocycles. The molecule has 2 heteroatoms. The molecule has 0 saturated carbocycles. The SMILES string of the molecule is CCC(C)Cc1ccccc1N=Nc1ccccc1. The number of nitrogens with zero attached hydrogens (tertiary/aromatic N) is 2. The smallest absolute Gasteiger partial charge is 0.0889 e. The van der Waals surface area contributed by atoms with Crippen molar-refractivity contribution in [2.24, 2.45) is 16.1 Å². The van der Waals surface area contributed by atoms with Crippen molar-refractivity contribution >= 4 is 11.4 Å². The summed E-state index contributed by atoms with van der Waals surface area (Å²) in [5.74, 6) is 0.674. The Kier molecular flexibility index (Phi) is 4.85. The molecule has 0 aromatic heterocycles. The van der Waals surface area contributed by atoms with Gasteiger partial charge in [-0.25, -0.2) is 0 Å². The van der Waals surface area contributed by atoms with Crippen LogP contribution < -0.4 is 0 Å². The molecule has 0 heterocycles. The lowest BCUT2D eigenvalue weighted by Crippen LogP contribution is -1.97. The standard InChI is InChI=1S/C17H20N2/c1-3-14(2)13-15-9-7-8-12-17(15)19-18-16-10-5-4-6-11-16/h4-12,14H,3,13H2,1-2H3. The van der Waals surface area contributed by atoms with Crippen LogP contribution in [-0.4, -0.2) is 0 Å². The van der Waals surface area contributed by atoms with Crippen LogP contribution in [0.25, 0.3) is 0 Å². The Morgan fingerprint density at radius 1 is 0.895 bits per heavy atom. The molecule has 0 saturated heterocycles. The fourth-order valence-electron chi connectivity index (χ4n) is 1.91. The summed E-state index contributed by atoms with van der Waals surface area (Å²) in [7, 11) is 0. The highest BCUT2D eigenvalue weighted by molar-refractivity contribution is 5.46. The van der Waals surface area contributed by atoms with Crippen LogP contribution in [-0.2, 0) is 6.42 Å². The van der Waals surface area contributed by atoms with E-state index >= 15 is 0 Å². The van der Waals surface area contributed by atoms with Gasteiger partial charge in [-0.05, 0) is 36.1 Å². The van der Waals surface area contributed by atoms with E-state index in [-0.39, 0.29) is 0 Å². The van der Waals surface area contributed by atoms with Crippen LogP contribution in [0.5, 0.6) is 0 Å². The molecule has 98 valence electrons. The largest absolute Gasteiger partial charge is 0.151 e. The summed E-state index contributed by atoms with van der Waals surface area (Å²) in [5, 5.41) is 8.68. The molecule has 2 nitrogen and oxygen atoms in total. The second kappa shape index (κ2) is 6.83. The minimum absolute atomic E-state index is 0.674. The normalized spacial score (nSPS) is 12.7. The van der Waals surface area contributed by atoms with E-state index in [9.17, 15) is 0 Å². The molecule has 2 aromatic rings. The van der Waals surface area contributed by atoms with Crippen molar-refractivity contribution in [3.8, 4) is 0 Å². The lowest BCUT2D eigenvalue weighted by Gasteiger charge is -2.09. The Morgan fingerprint density at radius 3 is 2.32 bits per heavy atom. The van der Waals surface area contributed by atoms with Crippen molar-refractivity contribution in [2.45, 2.75) is 26.7 Å². The highest BCUT2D eigenvalue weighted by atomic mass is 15.1. The molecule has 0 N–H and O–H groups in total. The molecule has 0 bridgehead atoms. The zero-order valence-corrected chi connectivity index (χ0v) is 11.6. The first-order chi connectivity index (χ1) is 9.29. The van der Waals surface area contributed by atoms with Crippen LogP contribution in [0.15, 0.2) is 64.8 Å². The third-order valence-corrected chi connectivity index (χ3v) is 3.29. The molecule has 1 atom stereocenters. The van der Waals surface area contributed by atoms with Gasteiger partial charge in [0.05, 0.1) is 11.4 Å². The molecule has 0 spiro atoms. The monoisotopic (exact) mass is 252 g/mol. The van der Waals surface area contributed by atoms with E-state index in [1.807, 2.05) is 42.5 Å². The van der Waals surface area contributed by atoms with Gasteiger partial charge in [-0.2, -0.15) is 10.2 Å². The first-order valence-corrected chi connectivity index (χ1v) is 6.84. The van der Waals surface area contributed by atoms with Crippen molar-refractivity contribution in [2.75, 3.05) is 0 Å². The molecule has 0 aliphatic rings. The van der Waals surface area contributed by atoms with Crippen LogP contribution in [0, 0.1) is 5.92 Å². The van der Waals surface area contributed by atoms with Crippen LogP contribution in [0.1, 0.15) is 25.8 Å². The van der Waals surface area contributed by atoms with Crippen molar-refractivity contribution in [3.05, 3.63) is 60.2 Å². The predicted molar refractivity (Wildman–Crippen MR) is 80.2 cm³/mol. The van der Waals surface area contributed by atoms with Crippen LogP contribution >= 0.6 is 0 Å². The Balaban J connectivity index is 2.18. The van der Waals surface area contributed by atoms with E-state index < -0.39 is 0 Å². The zero-order chi connectivity index (χ0) is 13.5. The van der Waals surface area contributed by atoms with Gasteiger partial charge in [0.15, 0.2) is 0 Å². The first kappa shape index (κ1) is 13.5. The first-order valence-electron chi connectivity index (χ1n) is 6.84. The molecule has 2 rings (SSSR count). The van der Waals surface area contributed by atoms with Crippen LogP contribution in [0.4, 0.5) is 11.4 Å². The van der Waals surface area contributed by atoms with Gasteiger partial charge in [0.25, 0.3) is 0 Å². The summed E-state index contributed by atoms with van der Waals surface area (Å²) in [6.07, 6.45) is 2.24. The third-order valence-electron chi connectivity index (χ3n) is 3.29. The minimum Gasteiger partial charge on any atom is -0.151 e. The molecule has 0 aliphatic heterocycles. The average molecular weight is 252 g/mol. The summed E-state index contributed by atoms with van der Waals surface area (Å²) in [5.41, 5.74) is 3.14. The molecule has 1 unspecified atom stereocenters. The average Bonchev–Trinajstić information content (AvgIpc) is 2.47. The number of hydrogen-bond acceptors (Lipinski definition) is 2. The Labute approximate surface area is 115 Å². The lowest BCUT2D eigenvalue weighted by molar-refractivity contribution is 0.560. The lowest BCUT2D eigenvalue weighted by atomic mass is 9.98. The van der Waals surface area contributed by atoms with E-state index in [4.69, 9.17) is 0 Å². The van der Waals surface area contributed by atoms with Gasteiger partial charge in [0.2, 0.25) is 0 Å². The van der Waals surface area contributed by atoms with Gasteiger partial charge in [-0.1, -0.05) is 56.7 Å². The fourth-order valence-corrected chi connectivity index (χ4v) is 1.91. The van der Waals surface area contributed by atoms with Crippen LogP contribution in [0.2, 0.25) is 0 Å². The second-order valence-corrected chi connectivity index (χ2v) is 4.88. The van der Waals surface area contributed by atoms with Crippen LogP contribution in [0.3, 0.4) is 0 Å². The van der Waals surface area contributed by atoms with E-state index in [2.05, 4.69) is 36.2 Å². The number of azo groups is 1. The molecular weight excluding hydrogens is 232 g/mol. The van der Waals surface area contributed by atoms with Gasteiger partial charge < -0.3 is 0 Å². The molecule has 0 radical (unpaired) electrons.